The van der Waals surface area contributed by atoms with Gasteiger partial charge in [0.1, 0.15) is 17.6 Å². The number of ketones is 1. The maximum absolute atomic E-state index is 14.0. The molecular weight excluding hydrogens is 375 g/mol. The standard InChI is InChI=1S/C19H16ClFN2O4/c1-2-27-17(25)7-6-16(24)18-19(26)11(10-22)8-12(23-18)9-13-14(20)4-3-5-15(13)21/h3-5,8,26H,2,6-7,9H2,1H3. The predicted molar refractivity (Wildman–Crippen MR) is 95.0 cm³/mol. The van der Waals surface area contributed by atoms with Crippen LogP contribution in [-0.4, -0.2) is 28.4 Å². The molecule has 2 rings (SSSR count). The van der Waals surface area contributed by atoms with E-state index in [2.05, 4.69) is 4.98 Å². The molecule has 0 aliphatic heterocycles. The molecule has 27 heavy (non-hydrogen) atoms. The van der Waals surface area contributed by atoms with Crippen LogP contribution in [0.2, 0.25) is 5.02 Å². The van der Waals surface area contributed by atoms with Crippen LogP contribution in [0.5, 0.6) is 5.75 Å². The summed E-state index contributed by atoms with van der Waals surface area (Å²) in [6.07, 6.45) is -0.494. The van der Waals surface area contributed by atoms with Crippen LogP contribution in [0.1, 0.15) is 47.1 Å². The van der Waals surface area contributed by atoms with Gasteiger partial charge in [-0.1, -0.05) is 17.7 Å². The van der Waals surface area contributed by atoms with Crippen molar-refractivity contribution >= 4 is 23.4 Å². The van der Waals surface area contributed by atoms with Crippen molar-refractivity contribution in [3.8, 4) is 11.8 Å². The maximum Gasteiger partial charge on any atom is 0.306 e. The molecule has 2 aromatic rings. The SMILES string of the molecule is CCOC(=O)CCC(=O)c1nc(Cc2c(F)cccc2Cl)cc(C#N)c1O. The number of rotatable bonds is 7. The quantitative estimate of drug-likeness (QED) is 0.573. The minimum Gasteiger partial charge on any atom is -0.504 e. The fourth-order valence-corrected chi connectivity index (χ4v) is 2.64. The lowest BCUT2D eigenvalue weighted by molar-refractivity contribution is -0.143. The van der Waals surface area contributed by atoms with Crippen molar-refractivity contribution in [2.45, 2.75) is 26.2 Å². The van der Waals surface area contributed by atoms with Crippen molar-refractivity contribution in [3.05, 3.63) is 57.6 Å². The van der Waals surface area contributed by atoms with Crippen molar-refractivity contribution in [1.29, 1.82) is 5.26 Å². The highest BCUT2D eigenvalue weighted by Gasteiger charge is 2.20. The van der Waals surface area contributed by atoms with Crippen LogP contribution in [0.3, 0.4) is 0 Å². The molecule has 1 aromatic carbocycles. The number of aromatic nitrogens is 1. The van der Waals surface area contributed by atoms with Gasteiger partial charge >= 0.3 is 5.97 Å². The summed E-state index contributed by atoms with van der Waals surface area (Å²) in [4.78, 5) is 27.8. The highest BCUT2D eigenvalue weighted by atomic mass is 35.5. The van der Waals surface area contributed by atoms with Gasteiger partial charge in [0, 0.05) is 29.1 Å². The first-order chi connectivity index (χ1) is 12.9. The van der Waals surface area contributed by atoms with Crippen LogP contribution in [0.4, 0.5) is 4.39 Å². The lowest BCUT2D eigenvalue weighted by Crippen LogP contribution is -2.11. The van der Waals surface area contributed by atoms with E-state index in [1.54, 1.807) is 13.0 Å². The van der Waals surface area contributed by atoms with Crippen LogP contribution in [0.15, 0.2) is 24.3 Å². The summed E-state index contributed by atoms with van der Waals surface area (Å²) in [5.41, 5.74) is -0.172. The monoisotopic (exact) mass is 390 g/mol. The van der Waals surface area contributed by atoms with Gasteiger partial charge in [0.2, 0.25) is 0 Å². The summed E-state index contributed by atoms with van der Waals surface area (Å²) in [6.45, 7) is 1.83. The van der Waals surface area contributed by atoms with Crippen LogP contribution < -0.4 is 0 Å². The molecule has 0 unspecified atom stereocenters. The Morgan fingerprint density at radius 2 is 2.11 bits per heavy atom. The second-order valence-electron chi connectivity index (χ2n) is 5.58. The van der Waals surface area contributed by atoms with Crippen molar-refractivity contribution < 1.29 is 23.8 Å². The van der Waals surface area contributed by atoms with Crippen LogP contribution in [-0.2, 0) is 16.0 Å². The summed E-state index contributed by atoms with van der Waals surface area (Å²) in [5, 5.41) is 19.5. The molecule has 0 radical (unpaired) electrons. The van der Waals surface area contributed by atoms with Crippen molar-refractivity contribution in [1.82, 2.24) is 4.98 Å². The third-order valence-electron chi connectivity index (χ3n) is 3.71. The van der Waals surface area contributed by atoms with Gasteiger partial charge in [-0.2, -0.15) is 5.26 Å². The first-order valence-corrected chi connectivity index (χ1v) is 8.49. The number of benzene rings is 1. The largest absolute Gasteiger partial charge is 0.504 e. The van der Waals surface area contributed by atoms with E-state index in [-0.39, 0.29) is 53.4 Å². The predicted octanol–water partition coefficient (Wildman–Crippen LogP) is 3.57. The lowest BCUT2D eigenvalue weighted by Gasteiger charge is -2.10. The summed E-state index contributed by atoms with van der Waals surface area (Å²) in [5.74, 6) is -2.31. The van der Waals surface area contributed by atoms with Gasteiger partial charge in [-0.25, -0.2) is 9.37 Å². The Kier molecular flexibility index (Phi) is 6.85. The van der Waals surface area contributed by atoms with Gasteiger partial charge in [-0.15, -0.1) is 0 Å². The van der Waals surface area contributed by atoms with Crippen molar-refractivity contribution in [3.63, 3.8) is 0 Å². The molecule has 0 amide bonds. The molecule has 140 valence electrons. The summed E-state index contributed by atoms with van der Waals surface area (Å²) < 4.78 is 18.7. The fraction of sp³-hybridized carbons (Fsp3) is 0.263. The number of carbonyl (C=O) groups excluding carboxylic acids is 2. The molecule has 0 bridgehead atoms. The number of hydrogen-bond acceptors (Lipinski definition) is 6. The number of esters is 1. The Labute approximate surface area is 160 Å². The molecular formula is C19H16ClFN2O4. The minimum absolute atomic E-state index is 0.0708. The van der Waals surface area contributed by atoms with E-state index < -0.39 is 23.3 Å². The third-order valence-corrected chi connectivity index (χ3v) is 4.07. The number of nitrogens with zero attached hydrogens (tertiary/aromatic N) is 2. The zero-order valence-electron chi connectivity index (χ0n) is 14.5. The molecule has 8 heteroatoms. The van der Waals surface area contributed by atoms with E-state index in [4.69, 9.17) is 16.3 Å². The molecule has 1 heterocycles. The van der Waals surface area contributed by atoms with E-state index in [1.165, 1.54) is 24.3 Å². The highest BCUT2D eigenvalue weighted by molar-refractivity contribution is 6.31. The van der Waals surface area contributed by atoms with Gasteiger partial charge in [0.25, 0.3) is 0 Å². The number of halogens is 2. The zero-order valence-corrected chi connectivity index (χ0v) is 15.2. The van der Waals surface area contributed by atoms with Crippen molar-refractivity contribution in [2.24, 2.45) is 0 Å². The number of hydrogen-bond donors (Lipinski definition) is 1. The van der Waals surface area contributed by atoms with Crippen LogP contribution >= 0.6 is 11.6 Å². The Morgan fingerprint density at radius 3 is 2.74 bits per heavy atom. The second-order valence-corrected chi connectivity index (χ2v) is 5.98. The minimum atomic E-state index is -0.626. The molecule has 0 saturated heterocycles. The number of Topliss-reactive ketones (excluding diaryl/α,β-unsaturated/α-hetero) is 1. The number of aromatic hydroxyl groups is 1. The van der Waals surface area contributed by atoms with Gasteiger partial charge in [0.15, 0.2) is 11.5 Å². The number of ether oxygens (including phenoxy) is 1. The summed E-state index contributed by atoms with van der Waals surface area (Å²) >= 11 is 6.00. The van der Waals surface area contributed by atoms with Crippen LogP contribution in [0, 0.1) is 17.1 Å². The van der Waals surface area contributed by atoms with Gasteiger partial charge in [-0.05, 0) is 25.1 Å². The molecule has 0 aliphatic rings. The van der Waals surface area contributed by atoms with Crippen LogP contribution in [0.25, 0.3) is 0 Å². The first-order valence-electron chi connectivity index (χ1n) is 8.12. The Hall–Kier alpha value is -2.98. The average Bonchev–Trinajstić information content (AvgIpc) is 2.64. The lowest BCUT2D eigenvalue weighted by atomic mass is 10.0. The molecule has 0 aliphatic carbocycles. The van der Waals surface area contributed by atoms with E-state index in [9.17, 15) is 24.3 Å². The van der Waals surface area contributed by atoms with E-state index in [0.717, 1.165) is 0 Å². The number of pyridine rings is 1. The van der Waals surface area contributed by atoms with E-state index in [1.807, 2.05) is 0 Å². The normalized spacial score (nSPS) is 10.3. The topological polar surface area (TPSA) is 100 Å². The molecule has 0 spiro atoms. The third kappa shape index (κ3) is 5.02. The molecule has 0 fully saturated rings. The molecule has 1 N–H and O–H groups in total. The zero-order chi connectivity index (χ0) is 20.0. The van der Waals surface area contributed by atoms with Gasteiger partial charge < -0.3 is 9.84 Å². The fourth-order valence-electron chi connectivity index (χ4n) is 2.41. The second kappa shape index (κ2) is 9.10. The first kappa shape index (κ1) is 20.3. The number of carbonyl (C=O) groups is 2. The molecule has 1 aromatic heterocycles. The number of nitriles is 1. The Bertz CT molecular complexity index is 904. The van der Waals surface area contributed by atoms with Gasteiger partial charge in [-0.3, -0.25) is 9.59 Å². The summed E-state index contributed by atoms with van der Waals surface area (Å²) in [6, 6.07) is 7.23. The Morgan fingerprint density at radius 1 is 1.37 bits per heavy atom. The highest BCUT2D eigenvalue weighted by Crippen LogP contribution is 2.27. The smallest absolute Gasteiger partial charge is 0.306 e. The molecule has 0 saturated carbocycles. The maximum atomic E-state index is 14.0. The van der Waals surface area contributed by atoms with Gasteiger partial charge in [0.05, 0.1) is 18.6 Å². The van der Waals surface area contributed by atoms with E-state index in [0.29, 0.717) is 0 Å². The molecule has 0 atom stereocenters. The van der Waals surface area contributed by atoms with Crippen molar-refractivity contribution in [2.75, 3.05) is 6.61 Å². The average molecular weight is 391 g/mol. The summed E-state index contributed by atoms with van der Waals surface area (Å²) in [7, 11) is 0. The molecule has 6 nitrogen and oxygen atoms in total. The Balaban J connectivity index is 2.33. The van der Waals surface area contributed by atoms with E-state index >= 15 is 0 Å².